The zero-order chi connectivity index (χ0) is 23.2. The number of carbonyl (C=O) groups excluding carboxylic acids is 1. The zero-order valence-corrected chi connectivity index (χ0v) is 18.6. The number of aromatic amines is 1. The lowest BCUT2D eigenvalue weighted by Gasteiger charge is -2.16. The average molecular weight is 458 g/mol. The maximum absolute atomic E-state index is 15.3. The van der Waals surface area contributed by atoms with E-state index in [0.29, 0.717) is 19.6 Å². The Morgan fingerprint density at radius 2 is 1.91 bits per heavy atom. The Labute approximate surface area is 195 Å². The molecule has 0 bridgehead atoms. The second kappa shape index (κ2) is 8.20. The molecule has 1 N–H and O–H groups in total. The van der Waals surface area contributed by atoms with Gasteiger partial charge in [0.1, 0.15) is 5.82 Å². The zero-order valence-electron chi connectivity index (χ0n) is 18.6. The number of pyridine rings is 1. The van der Waals surface area contributed by atoms with E-state index in [1.807, 2.05) is 41.3 Å². The molecule has 6 rings (SSSR count). The van der Waals surface area contributed by atoms with Gasteiger partial charge >= 0.3 is 5.69 Å². The van der Waals surface area contributed by atoms with Gasteiger partial charge in [-0.2, -0.15) is 5.10 Å². The number of amides is 1. The highest BCUT2D eigenvalue weighted by Gasteiger charge is 2.37. The summed E-state index contributed by atoms with van der Waals surface area (Å²) in [6.07, 6.45) is 4.53. The van der Waals surface area contributed by atoms with Gasteiger partial charge in [-0.1, -0.05) is 24.3 Å². The monoisotopic (exact) mass is 457 g/mol. The fourth-order valence-electron chi connectivity index (χ4n) is 4.84. The van der Waals surface area contributed by atoms with Crippen molar-refractivity contribution in [3.63, 3.8) is 0 Å². The Morgan fingerprint density at radius 3 is 2.74 bits per heavy atom. The number of nitrogens with zero attached hydrogens (tertiary/aromatic N) is 4. The van der Waals surface area contributed by atoms with Crippen molar-refractivity contribution in [2.75, 3.05) is 13.1 Å². The third-order valence-electron chi connectivity index (χ3n) is 6.87. The molecule has 2 aromatic carbocycles. The van der Waals surface area contributed by atoms with Crippen LogP contribution in [0, 0.1) is 17.7 Å². The molecule has 2 aliphatic rings. The first-order chi connectivity index (χ1) is 16.6. The second-order valence-electron chi connectivity index (χ2n) is 9.28. The maximum atomic E-state index is 15.3. The van der Waals surface area contributed by atoms with E-state index >= 15 is 4.39 Å². The summed E-state index contributed by atoms with van der Waals surface area (Å²) in [4.78, 5) is 31.1. The number of hydrogen-bond acceptors (Lipinski definition) is 4. The minimum atomic E-state index is -0.448. The summed E-state index contributed by atoms with van der Waals surface area (Å²) in [6, 6.07) is 14.7. The van der Waals surface area contributed by atoms with Crippen molar-refractivity contribution in [2.24, 2.45) is 11.8 Å². The second-order valence-corrected chi connectivity index (χ2v) is 9.28. The lowest BCUT2D eigenvalue weighted by molar-refractivity contribution is -0.131. The SMILES string of the molecule is O=C(C1CC1)N1CC[C@@H](Cn2c(-c3ccc(-c4ccc5cccnc5c4)cc3F)n[nH]c2=O)C1. The lowest BCUT2D eigenvalue weighted by Crippen LogP contribution is -2.31. The summed E-state index contributed by atoms with van der Waals surface area (Å²) in [5.41, 5.74) is 2.33. The largest absolute Gasteiger partial charge is 0.343 e. The quantitative estimate of drug-likeness (QED) is 0.493. The van der Waals surface area contributed by atoms with Gasteiger partial charge in [-0.25, -0.2) is 14.3 Å². The van der Waals surface area contributed by atoms with Crippen LogP contribution in [0.15, 0.2) is 59.5 Å². The number of halogens is 1. The number of nitrogens with one attached hydrogen (secondary N) is 1. The summed E-state index contributed by atoms with van der Waals surface area (Å²) < 4.78 is 16.8. The highest BCUT2D eigenvalue weighted by Crippen LogP contribution is 2.33. The molecule has 7 nitrogen and oxygen atoms in total. The molecular weight excluding hydrogens is 433 g/mol. The Morgan fingerprint density at radius 1 is 1.09 bits per heavy atom. The van der Waals surface area contributed by atoms with Crippen molar-refractivity contribution in [3.05, 3.63) is 71.0 Å². The summed E-state index contributed by atoms with van der Waals surface area (Å²) in [6.45, 7) is 1.74. The van der Waals surface area contributed by atoms with Crippen molar-refractivity contribution in [1.82, 2.24) is 24.6 Å². The molecule has 8 heteroatoms. The molecule has 1 amide bonds. The van der Waals surface area contributed by atoms with Gasteiger partial charge < -0.3 is 4.90 Å². The van der Waals surface area contributed by atoms with Crippen LogP contribution < -0.4 is 5.69 Å². The van der Waals surface area contributed by atoms with Crippen molar-refractivity contribution >= 4 is 16.8 Å². The standard InChI is InChI=1S/C26H24FN5O2/c27-22-12-19(20-6-3-17-2-1-10-28-23(17)13-20)7-8-21(22)24-29-30-26(34)32(24)15-16-9-11-31(14-16)25(33)18-4-5-18/h1-3,6-8,10,12-13,16,18H,4-5,9,11,14-15H2,(H,30,34)/t16-/m1/s1. The number of hydrogen-bond donors (Lipinski definition) is 1. The van der Waals surface area contributed by atoms with Crippen LogP contribution in [-0.2, 0) is 11.3 Å². The number of benzene rings is 2. The summed E-state index contributed by atoms with van der Waals surface area (Å²) in [5.74, 6) is 0.394. The Hall–Kier alpha value is -3.81. The molecule has 172 valence electrons. The van der Waals surface area contributed by atoms with Crippen molar-refractivity contribution in [1.29, 1.82) is 0 Å². The van der Waals surface area contributed by atoms with Crippen LogP contribution in [0.5, 0.6) is 0 Å². The van der Waals surface area contributed by atoms with Crippen LogP contribution in [0.25, 0.3) is 33.4 Å². The smallest absolute Gasteiger partial charge is 0.342 e. The molecule has 1 aliphatic heterocycles. The van der Waals surface area contributed by atoms with Crippen molar-refractivity contribution in [3.8, 4) is 22.5 Å². The van der Waals surface area contributed by atoms with Crippen LogP contribution in [0.1, 0.15) is 19.3 Å². The van der Waals surface area contributed by atoms with E-state index in [0.717, 1.165) is 41.3 Å². The maximum Gasteiger partial charge on any atom is 0.343 e. The molecule has 2 fully saturated rings. The third-order valence-corrected chi connectivity index (χ3v) is 6.87. The summed E-state index contributed by atoms with van der Waals surface area (Å²) in [7, 11) is 0. The fourth-order valence-corrected chi connectivity index (χ4v) is 4.84. The number of rotatable bonds is 5. The molecule has 34 heavy (non-hydrogen) atoms. The average Bonchev–Trinajstić information content (AvgIpc) is 3.51. The van der Waals surface area contributed by atoms with Crippen LogP contribution in [0.2, 0.25) is 0 Å². The van der Waals surface area contributed by atoms with Crippen molar-refractivity contribution < 1.29 is 9.18 Å². The van der Waals surface area contributed by atoms with E-state index in [9.17, 15) is 9.59 Å². The molecule has 1 atom stereocenters. The molecule has 0 spiro atoms. The molecule has 0 radical (unpaired) electrons. The van der Waals surface area contributed by atoms with Crippen LogP contribution >= 0.6 is 0 Å². The molecule has 0 unspecified atom stereocenters. The molecule has 1 saturated carbocycles. The molecule has 3 heterocycles. The van der Waals surface area contributed by atoms with Gasteiger partial charge in [-0.3, -0.25) is 14.3 Å². The van der Waals surface area contributed by atoms with E-state index in [2.05, 4.69) is 15.2 Å². The number of fused-ring (bicyclic) bond motifs is 1. The fraction of sp³-hybridized carbons (Fsp3) is 0.308. The van der Waals surface area contributed by atoms with Gasteiger partial charge in [0, 0.05) is 37.1 Å². The van der Waals surface area contributed by atoms with Crippen molar-refractivity contribution in [2.45, 2.75) is 25.8 Å². The molecule has 1 aliphatic carbocycles. The normalized spacial score (nSPS) is 18.0. The van der Waals surface area contributed by atoms with E-state index < -0.39 is 5.82 Å². The van der Waals surface area contributed by atoms with Gasteiger partial charge in [-0.05, 0) is 60.6 Å². The van der Waals surface area contributed by atoms with E-state index in [1.54, 1.807) is 12.3 Å². The van der Waals surface area contributed by atoms with E-state index in [1.165, 1.54) is 10.6 Å². The third kappa shape index (κ3) is 3.79. The minimum Gasteiger partial charge on any atom is -0.342 e. The van der Waals surface area contributed by atoms with Crippen LogP contribution in [0.4, 0.5) is 4.39 Å². The lowest BCUT2D eigenvalue weighted by atomic mass is 10.0. The molecular formula is C26H24FN5O2. The number of likely N-dealkylation sites (tertiary alicyclic amines) is 1. The minimum absolute atomic E-state index is 0.143. The molecule has 1 saturated heterocycles. The van der Waals surface area contributed by atoms with Gasteiger partial charge in [0.2, 0.25) is 5.91 Å². The van der Waals surface area contributed by atoms with Gasteiger partial charge in [-0.15, -0.1) is 0 Å². The first kappa shape index (κ1) is 20.8. The van der Waals surface area contributed by atoms with Crippen LogP contribution in [0.3, 0.4) is 0 Å². The topological polar surface area (TPSA) is 83.9 Å². The first-order valence-electron chi connectivity index (χ1n) is 11.7. The number of H-pyrrole nitrogens is 1. The molecule has 4 aromatic rings. The Bertz CT molecular complexity index is 1460. The van der Waals surface area contributed by atoms with Gasteiger partial charge in [0.05, 0.1) is 11.1 Å². The first-order valence-corrected chi connectivity index (χ1v) is 11.7. The number of carbonyl (C=O) groups is 1. The predicted octanol–water partition coefficient (Wildman–Crippen LogP) is 3.85. The Kier molecular flexibility index (Phi) is 5.01. The van der Waals surface area contributed by atoms with E-state index in [-0.39, 0.29) is 34.8 Å². The number of aromatic nitrogens is 4. The van der Waals surface area contributed by atoms with E-state index in [4.69, 9.17) is 0 Å². The highest BCUT2D eigenvalue weighted by atomic mass is 19.1. The summed E-state index contributed by atoms with van der Waals surface area (Å²) >= 11 is 0. The summed E-state index contributed by atoms with van der Waals surface area (Å²) in [5, 5.41) is 7.61. The molecule has 2 aromatic heterocycles. The predicted molar refractivity (Wildman–Crippen MR) is 126 cm³/mol. The van der Waals surface area contributed by atoms with Gasteiger partial charge in [0.15, 0.2) is 5.82 Å². The Balaban J connectivity index is 1.26. The van der Waals surface area contributed by atoms with Gasteiger partial charge in [0.25, 0.3) is 0 Å². The highest BCUT2D eigenvalue weighted by molar-refractivity contribution is 5.84. The van der Waals surface area contributed by atoms with Crippen LogP contribution in [-0.4, -0.2) is 43.6 Å².